The Morgan fingerprint density at radius 3 is 2.60 bits per heavy atom. The van der Waals surface area contributed by atoms with E-state index in [0.29, 0.717) is 0 Å². The van der Waals surface area contributed by atoms with Crippen molar-refractivity contribution in [3.8, 4) is 5.69 Å². The highest BCUT2D eigenvalue weighted by molar-refractivity contribution is 5.85. The topological polar surface area (TPSA) is 42.7 Å². The lowest BCUT2D eigenvalue weighted by Crippen LogP contribution is -2.01. The van der Waals surface area contributed by atoms with Gasteiger partial charge in [0.25, 0.3) is 0 Å². The molecule has 25 heavy (non-hydrogen) atoms. The van der Waals surface area contributed by atoms with Crippen molar-refractivity contribution in [2.45, 2.75) is 20.4 Å². The highest BCUT2D eigenvalue weighted by Crippen LogP contribution is 2.22. The Labute approximate surface area is 147 Å². The summed E-state index contributed by atoms with van der Waals surface area (Å²) < 4.78 is 1.86. The molecule has 2 aromatic heterocycles. The predicted molar refractivity (Wildman–Crippen MR) is 102 cm³/mol. The van der Waals surface area contributed by atoms with E-state index in [1.165, 1.54) is 16.5 Å². The van der Waals surface area contributed by atoms with Gasteiger partial charge in [-0.05, 0) is 67.4 Å². The van der Waals surface area contributed by atoms with Gasteiger partial charge >= 0.3 is 0 Å². The molecule has 0 bridgehead atoms. The summed E-state index contributed by atoms with van der Waals surface area (Å²) in [6.45, 7) is 4.95. The second-order valence-electron chi connectivity index (χ2n) is 6.28. The summed E-state index contributed by atoms with van der Waals surface area (Å²) in [5, 5.41) is 8.95. The molecule has 0 aliphatic heterocycles. The lowest BCUT2D eigenvalue weighted by molar-refractivity contribution is 0.879. The van der Waals surface area contributed by atoms with E-state index in [1.807, 2.05) is 23.9 Å². The Hall–Kier alpha value is -3.14. The third-order valence-electron chi connectivity index (χ3n) is 4.35. The van der Waals surface area contributed by atoms with Crippen LogP contribution in [0, 0.1) is 13.8 Å². The Bertz CT molecular complexity index is 1000. The number of nitrogens with zero attached hydrogens (tertiary/aromatic N) is 3. The van der Waals surface area contributed by atoms with E-state index in [0.717, 1.165) is 29.1 Å². The molecule has 4 rings (SSSR count). The Kier molecular flexibility index (Phi) is 3.94. The molecule has 0 fully saturated rings. The summed E-state index contributed by atoms with van der Waals surface area (Å²) in [7, 11) is 0. The van der Waals surface area contributed by atoms with Crippen LogP contribution >= 0.6 is 0 Å². The Balaban J connectivity index is 1.50. The number of fused-ring (bicyclic) bond motifs is 1. The number of aromatic nitrogens is 3. The van der Waals surface area contributed by atoms with Crippen molar-refractivity contribution in [2.75, 3.05) is 5.32 Å². The number of benzene rings is 2. The summed E-state index contributed by atoms with van der Waals surface area (Å²) in [4.78, 5) is 4.59. The van der Waals surface area contributed by atoms with E-state index in [1.54, 1.807) is 6.20 Å². The van der Waals surface area contributed by atoms with Crippen molar-refractivity contribution in [2.24, 2.45) is 0 Å². The average Bonchev–Trinajstić information content (AvgIpc) is 3.15. The molecule has 4 nitrogen and oxygen atoms in total. The van der Waals surface area contributed by atoms with Crippen LogP contribution in [0.4, 0.5) is 5.69 Å². The van der Waals surface area contributed by atoms with Crippen LogP contribution in [-0.4, -0.2) is 14.8 Å². The maximum atomic E-state index is 4.59. The summed E-state index contributed by atoms with van der Waals surface area (Å²) in [5.74, 6) is 0. The van der Waals surface area contributed by atoms with E-state index < -0.39 is 0 Å². The number of nitrogens with one attached hydrogen (secondary N) is 1. The fourth-order valence-electron chi connectivity index (χ4n) is 3.06. The first-order valence-electron chi connectivity index (χ1n) is 8.40. The van der Waals surface area contributed by atoms with Gasteiger partial charge in [-0.2, -0.15) is 5.10 Å². The summed E-state index contributed by atoms with van der Waals surface area (Å²) in [6.07, 6.45) is 3.73. The summed E-state index contributed by atoms with van der Waals surface area (Å²) >= 11 is 0. The van der Waals surface area contributed by atoms with Crippen molar-refractivity contribution in [1.29, 1.82) is 0 Å². The van der Waals surface area contributed by atoms with Gasteiger partial charge in [-0.15, -0.1) is 0 Å². The number of aryl methyl sites for hydroxylation is 2. The molecule has 2 aromatic carbocycles. The second kappa shape index (κ2) is 6.40. The minimum absolute atomic E-state index is 0.781. The van der Waals surface area contributed by atoms with Crippen molar-refractivity contribution < 1.29 is 0 Å². The van der Waals surface area contributed by atoms with Gasteiger partial charge < -0.3 is 5.32 Å². The SMILES string of the molecule is Cc1cc(C)c2cc(NCc3ccc(-n4cccn4)cc3)ccc2n1. The second-order valence-corrected chi connectivity index (χ2v) is 6.28. The lowest BCUT2D eigenvalue weighted by atomic mass is 10.1. The molecule has 0 spiro atoms. The van der Waals surface area contributed by atoms with Crippen molar-refractivity contribution >= 4 is 16.6 Å². The summed E-state index contributed by atoms with van der Waals surface area (Å²) in [5.41, 5.74) is 6.77. The average molecular weight is 328 g/mol. The van der Waals surface area contributed by atoms with Gasteiger partial charge in [-0.1, -0.05) is 12.1 Å². The minimum Gasteiger partial charge on any atom is -0.381 e. The molecule has 0 aliphatic rings. The molecular formula is C21H20N4. The standard InChI is InChI=1S/C21H20N4/c1-15-12-16(2)24-21-9-6-18(13-20(15)21)22-14-17-4-7-19(8-5-17)25-11-3-10-23-25/h3-13,22H,14H2,1-2H3. The highest BCUT2D eigenvalue weighted by atomic mass is 15.3. The fourth-order valence-corrected chi connectivity index (χ4v) is 3.06. The molecule has 0 saturated heterocycles. The van der Waals surface area contributed by atoms with Gasteiger partial charge in [0.05, 0.1) is 11.2 Å². The van der Waals surface area contributed by atoms with Gasteiger partial charge in [0.15, 0.2) is 0 Å². The molecule has 124 valence electrons. The Morgan fingerprint density at radius 2 is 1.84 bits per heavy atom. The molecule has 0 atom stereocenters. The predicted octanol–water partition coefficient (Wildman–Crippen LogP) is 4.65. The third-order valence-corrected chi connectivity index (χ3v) is 4.35. The van der Waals surface area contributed by atoms with Crippen molar-refractivity contribution in [3.63, 3.8) is 0 Å². The number of hydrogen-bond donors (Lipinski definition) is 1. The molecule has 4 heteroatoms. The van der Waals surface area contributed by atoms with Crippen molar-refractivity contribution in [3.05, 3.63) is 83.8 Å². The van der Waals surface area contributed by atoms with Gasteiger partial charge in [-0.3, -0.25) is 4.98 Å². The molecule has 0 unspecified atom stereocenters. The zero-order valence-electron chi connectivity index (χ0n) is 14.4. The van der Waals surface area contributed by atoms with Gasteiger partial charge in [0, 0.05) is 35.7 Å². The summed E-state index contributed by atoms with van der Waals surface area (Å²) in [6, 6.07) is 18.8. The molecule has 4 aromatic rings. The van der Waals surface area contributed by atoms with Crippen LogP contribution in [0.3, 0.4) is 0 Å². The van der Waals surface area contributed by atoms with E-state index in [2.05, 4.69) is 70.9 Å². The zero-order chi connectivity index (χ0) is 17.2. The third kappa shape index (κ3) is 3.24. The molecular weight excluding hydrogens is 308 g/mol. The highest BCUT2D eigenvalue weighted by Gasteiger charge is 2.03. The Morgan fingerprint density at radius 1 is 1.00 bits per heavy atom. The number of rotatable bonds is 4. The van der Waals surface area contributed by atoms with E-state index in [9.17, 15) is 0 Å². The maximum absolute atomic E-state index is 4.59. The van der Waals surface area contributed by atoms with E-state index in [-0.39, 0.29) is 0 Å². The van der Waals surface area contributed by atoms with Gasteiger partial charge in [0.2, 0.25) is 0 Å². The quantitative estimate of drug-likeness (QED) is 0.593. The van der Waals surface area contributed by atoms with Crippen LogP contribution in [-0.2, 0) is 6.54 Å². The van der Waals surface area contributed by atoms with Crippen LogP contribution in [0.2, 0.25) is 0 Å². The van der Waals surface area contributed by atoms with Crippen LogP contribution in [0.15, 0.2) is 67.0 Å². The lowest BCUT2D eigenvalue weighted by Gasteiger charge is -2.10. The number of hydrogen-bond acceptors (Lipinski definition) is 3. The van der Waals surface area contributed by atoms with Crippen LogP contribution < -0.4 is 5.32 Å². The number of anilines is 1. The number of pyridine rings is 1. The zero-order valence-corrected chi connectivity index (χ0v) is 14.4. The van der Waals surface area contributed by atoms with Gasteiger partial charge in [-0.25, -0.2) is 4.68 Å². The van der Waals surface area contributed by atoms with E-state index in [4.69, 9.17) is 0 Å². The van der Waals surface area contributed by atoms with Crippen molar-refractivity contribution in [1.82, 2.24) is 14.8 Å². The van der Waals surface area contributed by atoms with Crippen LogP contribution in [0.1, 0.15) is 16.8 Å². The molecule has 0 saturated carbocycles. The molecule has 0 radical (unpaired) electrons. The monoisotopic (exact) mass is 328 g/mol. The first-order valence-corrected chi connectivity index (χ1v) is 8.40. The first kappa shape index (κ1) is 15.4. The molecule has 1 N–H and O–H groups in total. The van der Waals surface area contributed by atoms with Gasteiger partial charge in [0.1, 0.15) is 0 Å². The molecule has 2 heterocycles. The molecule has 0 aliphatic carbocycles. The fraction of sp³-hybridized carbons (Fsp3) is 0.143. The van der Waals surface area contributed by atoms with Crippen LogP contribution in [0.5, 0.6) is 0 Å². The van der Waals surface area contributed by atoms with E-state index >= 15 is 0 Å². The minimum atomic E-state index is 0.781. The normalized spacial score (nSPS) is 11.0. The maximum Gasteiger partial charge on any atom is 0.0709 e. The van der Waals surface area contributed by atoms with Crippen LogP contribution in [0.25, 0.3) is 16.6 Å². The largest absolute Gasteiger partial charge is 0.381 e. The molecule has 0 amide bonds. The first-order chi connectivity index (χ1) is 12.2. The smallest absolute Gasteiger partial charge is 0.0709 e.